The van der Waals surface area contributed by atoms with Crippen LogP contribution in [0, 0.1) is 23.7 Å². The summed E-state index contributed by atoms with van der Waals surface area (Å²) >= 11 is 11.7. The molecular weight excluding hydrogens is 1130 g/mol. The summed E-state index contributed by atoms with van der Waals surface area (Å²) in [5.74, 6) is -0.437. The Balaban J connectivity index is 0.835. The topological polar surface area (TPSA) is 264 Å². The van der Waals surface area contributed by atoms with E-state index in [1.54, 1.807) is 35.9 Å². The van der Waals surface area contributed by atoms with Crippen LogP contribution in [0.5, 0.6) is 11.5 Å². The summed E-state index contributed by atoms with van der Waals surface area (Å²) in [6.07, 6.45) is 4.95. The molecule has 4 aromatic rings. The van der Waals surface area contributed by atoms with Crippen molar-refractivity contribution < 1.29 is 29.0 Å². The summed E-state index contributed by atoms with van der Waals surface area (Å²) < 4.78 is 13.4. The van der Waals surface area contributed by atoms with E-state index in [4.69, 9.17) is 44.7 Å². The lowest BCUT2D eigenvalue weighted by Crippen LogP contribution is -2.70. The molecule has 4 bridgehead atoms. The molecule has 24 heteroatoms. The summed E-state index contributed by atoms with van der Waals surface area (Å²) in [7, 11) is 9.05. The summed E-state index contributed by atoms with van der Waals surface area (Å²) in [4.78, 5) is 48.2. The first-order valence-electron chi connectivity index (χ1n) is 30.5. The zero-order valence-corrected chi connectivity index (χ0v) is 53.4. The van der Waals surface area contributed by atoms with Crippen molar-refractivity contribution in [1.82, 2.24) is 67.0 Å². The largest absolute Gasteiger partial charge is 0.496 e. The molecule has 2 aliphatic heterocycles. The maximum Gasteiger partial charge on any atom is 0.329 e. The average Bonchev–Trinajstić information content (AvgIpc) is 1.31. The highest BCUT2D eigenvalue weighted by atomic mass is 32.1. The van der Waals surface area contributed by atoms with Crippen LogP contribution in [0.1, 0.15) is 98.5 Å². The van der Waals surface area contributed by atoms with Crippen LogP contribution < -0.4 is 68.4 Å². The number of hydrogen-bond acceptors (Lipinski definition) is 16. The van der Waals surface area contributed by atoms with Gasteiger partial charge in [0.2, 0.25) is 0 Å². The lowest BCUT2D eigenvalue weighted by atomic mass is 9.56. The Hall–Kier alpha value is -6.06. The van der Waals surface area contributed by atoms with Crippen molar-refractivity contribution in [2.75, 3.05) is 131 Å². The molecule has 2 aliphatic carbocycles. The van der Waals surface area contributed by atoms with Crippen molar-refractivity contribution in [1.29, 1.82) is 0 Å². The fourth-order valence-corrected chi connectivity index (χ4v) is 13.6. The van der Waals surface area contributed by atoms with E-state index >= 15 is 0 Å². The molecule has 8 rings (SSSR count). The maximum absolute atomic E-state index is 14.6. The number of nitrogens with one attached hydrogen (secondary N) is 10. The maximum atomic E-state index is 14.6. The van der Waals surface area contributed by atoms with Gasteiger partial charge in [0.25, 0.3) is 11.8 Å². The second-order valence-corrected chi connectivity index (χ2v) is 25.4. The molecule has 2 amide bonds. The molecule has 3 aromatic carbocycles. The molecule has 4 aliphatic rings. The molecule has 13 N–H and O–H groups in total. The van der Waals surface area contributed by atoms with Gasteiger partial charge in [-0.05, 0) is 179 Å². The van der Waals surface area contributed by atoms with Gasteiger partial charge in [0, 0.05) is 103 Å². The lowest BCUT2D eigenvalue weighted by molar-refractivity contribution is -0.155. The zero-order valence-electron chi connectivity index (χ0n) is 51.8. The van der Waals surface area contributed by atoms with E-state index in [0.717, 1.165) is 88.2 Å². The smallest absolute Gasteiger partial charge is 0.329 e. The van der Waals surface area contributed by atoms with Crippen LogP contribution in [0.3, 0.4) is 0 Å². The third-order valence-corrected chi connectivity index (χ3v) is 18.2. The van der Waals surface area contributed by atoms with Crippen molar-refractivity contribution >= 4 is 63.8 Å². The molecule has 7 unspecified atom stereocenters. The molecule has 7 atom stereocenters. The second-order valence-electron chi connectivity index (χ2n) is 24.7. The van der Waals surface area contributed by atoms with Crippen LogP contribution in [0.2, 0.25) is 0 Å². The minimum atomic E-state index is -1.44. The SMILES string of the molecule is COc1cccc(OC)c1-c1cc(C(=O)NC2(C(=O)O)C(C)CC3CC(C)CC2C3)nn1-c1ccc(C(=O)N(C)CCCN(C)CCCN(C)C(=S)Nc2ccc(NC(=S)NC34CNCCNCC(N)(CNCNC3)NCCN4)cc2)cc1C(C)C. The number of nitrogens with zero attached hydrogens (tertiary/aromatic N) is 5. The first kappa shape index (κ1) is 65.9. The van der Waals surface area contributed by atoms with Crippen LogP contribution in [0.15, 0.2) is 66.7 Å². The third-order valence-electron chi connectivity index (χ3n) is 17.6. The van der Waals surface area contributed by atoms with E-state index in [0.29, 0.717) is 109 Å². The van der Waals surface area contributed by atoms with Gasteiger partial charge >= 0.3 is 5.97 Å². The predicted octanol–water partition coefficient (Wildman–Crippen LogP) is 4.60. The fourth-order valence-electron chi connectivity index (χ4n) is 13.1. The monoisotopic (exact) mass is 1220 g/mol. The highest BCUT2D eigenvalue weighted by Gasteiger charge is 2.57. The molecule has 22 nitrogen and oxygen atoms in total. The average molecular weight is 1220 g/mol. The third kappa shape index (κ3) is 16.2. The Morgan fingerprint density at radius 1 is 0.767 bits per heavy atom. The lowest BCUT2D eigenvalue weighted by Gasteiger charge is -2.52. The van der Waals surface area contributed by atoms with Crippen molar-refractivity contribution in [3.05, 3.63) is 83.6 Å². The fraction of sp³-hybridized carbons (Fsp3) is 0.581. The summed E-state index contributed by atoms with van der Waals surface area (Å²) in [5.41, 5.74) is 8.97. The number of ether oxygens (including phenoxy) is 2. The van der Waals surface area contributed by atoms with E-state index in [-0.39, 0.29) is 29.4 Å². The summed E-state index contributed by atoms with van der Waals surface area (Å²) in [5, 5.41) is 51.6. The van der Waals surface area contributed by atoms with Gasteiger partial charge in [0.1, 0.15) is 22.7 Å². The quantitative estimate of drug-likeness (QED) is 0.0540. The number of carbonyl (C=O) groups is 3. The molecule has 1 aromatic heterocycles. The Kier molecular flexibility index (Phi) is 22.8. The Labute approximate surface area is 518 Å². The van der Waals surface area contributed by atoms with Crippen molar-refractivity contribution in [2.45, 2.75) is 89.0 Å². The zero-order chi connectivity index (χ0) is 61.8. The number of thiocarbonyl (C=S) groups is 2. The van der Waals surface area contributed by atoms with Gasteiger partial charge in [-0.1, -0.05) is 33.8 Å². The highest BCUT2D eigenvalue weighted by Crippen LogP contribution is 2.50. The summed E-state index contributed by atoms with van der Waals surface area (Å²) in [6.45, 7) is 17.2. The first-order chi connectivity index (χ1) is 41.2. The number of fused-ring (bicyclic) bond motifs is 7. The van der Waals surface area contributed by atoms with Crippen molar-refractivity contribution in [3.63, 3.8) is 0 Å². The number of carbonyl (C=O) groups excluding carboxylic acids is 2. The van der Waals surface area contributed by atoms with Crippen molar-refractivity contribution in [2.24, 2.45) is 29.4 Å². The second kappa shape index (κ2) is 29.8. The van der Waals surface area contributed by atoms with Crippen LogP contribution in [-0.2, 0) is 4.79 Å². The molecule has 470 valence electrons. The van der Waals surface area contributed by atoms with Crippen LogP contribution in [-0.4, -0.2) is 195 Å². The number of methoxy groups -OCH3 is 2. The number of amides is 2. The molecule has 4 fully saturated rings. The van der Waals surface area contributed by atoms with Gasteiger partial charge in [-0.3, -0.25) is 20.2 Å². The van der Waals surface area contributed by atoms with Gasteiger partial charge in [0.15, 0.2) is 15.9 Å². The predicted molar refractivity (Wildman–Crippen MR) is 348 cm³/mol. The normalized spacial score (nSPS) is 24.4. The number of hydrogen-bond donors (Lipinski definition) is 12. The van der Waals surface area contributed by atoms with E-state index in [9.17, 15) is 19.5 Å². The van der Waals surface area contributed by atoms with E-state index < -0.39 is 28.7 Å². The van der Waals surface area contributed by atoms with E-state index in [2.05, 4.69) is 85.9 Å². The van der Waals surface area contributed by atoms with E-state index in [1.807, 2.05) is 80.5 Å². The van der Waals surface area contributed by atoms with Gasteiger partial charge in [-0.2, -0.15) is 5.10 Å². The Morgan fingerprint density at radius 2 is 1.40 bits per heavy atom. The Bertz CT molecular complexity index is 2960. The minimum Gasteiger partial charge on any atom is -0.496 e. The van der Waals surface area contributed by atoms with Crippen LogP contribution in [0.25, 0.3) is 16.9 Å². The molecule has 2 saturated carbocycles. The molecule has 0 radical (unpaired) electrons. The molecule has 2 saturated heterocycles. The number of carboxylic acid groups (broad SMARTS) is 1. The van der Waals surface area contributed by atoms with Crippen LogP contribution >= 0.6 is 24.4 Å². The number of aromatic nitrogens is 2. The number of aliphatic carboxylic acids is 1. The first-order valence-corrected chi connectivity index (χ1v) is 31.3. The van der Waals surface area contributed by atoms with Gasteiger partial charge < -0.3 is 77.5 Å². The number of carboxylic acids is 1. The summed E-state index contributed by atoms with van der Waals surface area (Å²) in [6, 6.07) is 20.6. The molecule has 86 heavy (non-hydrogen) atoms. The number of anilines is 2. The highest BCUT2D eigenvalue weighted by molar-refractivity contribution is 7.80. The Morgan fingerprint density at radius 3 is 2.07 bits per heavy atom. The number of benzene rings is 3. The van der Waals surface area contributed by atoms with Gasteiger partial charge in [-0.25, -0.2) is 9.48 Å². The minimum absolute atomic E-state index is 0.0565. The number of rotatable bonds is 20. The molecule has 3 heterocycles. The molecule has 0 spiro atoms. The van der Waals surface area contributed by atoms with E-state index in [1.165, 1.54) is 0 Å². The van der Waals surface area contributed by atoms with Crippen molar-refractivity contribution in [3.8, 4) is 28.4 Å². The standard InChI is InChI=1S/C62H94N16O6S2/c1-40(2)48-33-44(15-20-50(48)78-51(54-52(83-8)13-10-14-53(54)84-9)34-49(74-78)55(79)72-62(57(81)82)42(4)31-43-29-41(3)30-45(62)32-43)56(80)76(6)27-11-25-75(5)26-12-28-77(7)59(86)71-47-18-16-46(17-19-47)70-58(85)73-61-37-65-22-21-64-35-60(63,68-23-24-69-61)36-66-39-67-38-61/h10,13-20,33-34,40-43,45,64-69H,11-12,21-32,35-39,63H2,1-9H3,(H,71,86)(H,72,79)(H,81,82)(H2,70,73,85). The van der Waals surface area contributed by atoms with Crippen LogP contribution in [0.4, 0.5) is 11.4 Å². The molecular formula is C62H94N16O6S2. The number of nitrogens with two attached hydrogens (primary N) is 1. The van der Waals surface area contributed by atoms with Gasteiger partial charge in [-0.15, -0.1) is 0 Å². The van der Waals surface area contributed by atoms with Gasteiger partial charge in [0.05, 0.1) is 36.8 Å².